The number of hydrogen-bond donors (Lipinski definition) is 2. The third-order valence-electron chi connectivity index (χ3n) is 5.22. The van der Waals surface area contributed by atoms with Crippen LogP contribution in [0.4, 0.5) is 16.4 Å². The average Bonchev–Trinajstić information content (AvgIpc) is 2.92. The van der Waals surface area contributed by atoms with Crippen molar-refractivity contribution in [2.75, 3.05) is 38.0 Å². The first-order valence-electron chi connectivity index (χ1n) is 9.28. The van der Waals surface area contributed by atoms with Crippen LogP contribution < -0.4 is 5.32 Å². The Balaban J connectivity index is 1.58. The van der Waals surface area contributed by atoms with Gasteiger partial charge in [0.2, 0.25) is 0 Å². The first kappa shape index (κ1) is 19.4. The molecule has 0 saturated carbocycles. The van der Waals surface area contributed by atoms with Crippen LogP contribution in [-0.2, 0) is 4.79 Å². The Morgan fingerprint density at radius 2 is 2.00 bits per heavy atom. The molecule has 8 heteroatoms. The minimum absolute atomic E-state index is 0.556. The number of nitrogens with zero attached hydrogens (tertiary/aromatic N) is 3. The maximum absolute atomic E-state index is 11.4. The van der Waals surface area contributed by atoms with Crippen LogP contribution in [0.25, 0.3) is 0 Å². The summed E-state index contributed by atoms with van der Waals surface area (Å²) in [7, 11) is 0. The lowest BCUT2D eigenvalue weighted by Gasteiger charge is -2.38. The molecular weight excluding hydrogens is 440 g/mol. The molecule has 2 aliphatic rings. The zero-order valence-corrected chi connectivity index (χ0v) is 18.3. The number of aliphatic imine (C=N–C) groups is 1. The van der Waals surface area contributed by atoms with Crippen LogP contribution in [-0.4, -0.2) is 59.4 Å². The molecule has 3 heterocycles. The Labute approximate surface area is 177 Å². The standard InChI is InChI=1S/C20H23BrN4O2S/c1-20(2,19(26)27)12-24-7-9-25(10-8-24)17-16-13(21)11-28-18(16)23-15-6-4-3-5-14(15)22-17/h3-6,11,23H,7-10,12H2,1-2H3,(H,26,27). The second kappa shape index (κ2) is 7.50. The van der Waals surface area contributed by atoms with E-state index in [4.69, 9.17) is 4.99 Å². The molecule has 1 saturated heterocycles. The molecule has 1 aromatic carbocycles. The third-order valence-corrected chi connectivity index (χ3v) is 7.04. The van der Waals surface area contributed by atoms with Crippen molar-refractivity contribution in [1.29, 1.82) is 0 Å². The monoisotopic (exact) mass is 462 g/mol. The number of hydrogen-bond acceptors (Lipinski definition) is 6. The number of rotatable bonds is 3. The van der Waals surface area contributed by atoms with E-state index in [2.05, 4.69) is 36.4 Å². The van der Waals surface area contributed by atoms with E-state index in [0.29, 0.717) is 6.54 Å². The highest BCUT2D eigenvalue weighted by Gasteiger charge is 2.33. The molecule has 28 heavy (non-hydrogen) atoms. The van der Waals surface area contributed by atoms with Crippen molar-refractivity contribution in [2.45, 2.75) is 13.8 Å². The number of fused-ring (bicyclic) bond motifs is 2. The molecule has 0 atom stereocenters. The number of piperazine rings is 1. The van der Waals surface area contributed by atoms with Crippen molar-refractivity contribution in [3.8, 4) is 0 Å². The second-order valence-corrected chi connectivity index (χ2v) is 9.55. The Bertz CT molecular complexity index is 932. The number of carboxylic acid groups (broad SMARTS) is 1. The van der Waals surface area contributed by atoms with Gasteiger partial charge in [0.1, 0.15) is 10.8 Å². The van der Waals surface area contributed by atoms with Crippen LogP contribution >= 0.6 is 27.3 Å². The van der Waals surface area contributed by atoms with Gasteiger partial charge in [-0.25, -0.2) is 4.99 Å². The van der Waals surface area contributed by atoms with E-state index < -0.39 is 11.4 Å². The van der Waals surface area contributed by atoms with E-state index in [1.54, 1.807) is 25.2 Å². The largest absolute Gasteiger partial charge is 0.481 e. The van der Waals surface area contributed by atoms with Crippen LogP contribution in [0.15, 0.2) is 39.1 Å². The van der Waals surface area contributed by atoms with E-state index in [0.717, 1.165) is 58.4 Å². The molecule has 2 aromatic rings. The molecule has 1 aromatic heterocycles. The van der Waals surface area contributed by atoms with Crippen LogP contribution in [0.5, 0.6) is 0 Å². The Morgan fingerprint density at radius 3 is 2.71 bits per heavy atom. The molecular formula is C20H23BrN4O2S. The molecule has 0 radical (unpaired) electrons. The van der Waals surface area contributed by atoms with Crippen LogP contribution in [0, 0.1) is 5.41 Å². The predicted molar refractivity (Wildman–Crippen MR) is 117 cm³/mol. The SMILES string of the molecule is CC(C)(CN1CCN(C2=Nc3ccccc3Nc3scc(Br)c32)CC1)C(=O)O. The molecule has 0 spiro atoms. The summed E-state index contributed by atoms with van der Waals surface area (Å²) in [6.45, 7) is 7.41. The summed E-state index contributed by atoms with van der Waals surface area (Å²) in [6.07, 6.45) is 0. The highest BCUT2D eigenvalue weighted by Crippen LogP contribution is 2.41. The van der Waals surface area contributed by atoms with E-state index >= 15 is 0 Å². The molecule has 0 aliphatic carbocycles. The normalized spacial score (nSPS) is 17.2. The number of thiophene rings is 1. The molecule has 2 N–H and O–H groups in total. The third kappa shape index (κ3) is 3.68. The predicted octanol–water partition coefficient (Wildman–Crippen LogP) is 4.37. The first-order valence-corrected chi connectivity index (χ1v) is 11.0. The van der Waals surface area contributed by atoms with E-state index in [1.807, 2.05) is 24.3 Å². The quantitative estimate of drug-likeness (QED) is 0.708. The van der Waals surface area contributed by atoms with Crippen molar-refractivity contribution in [3.05, 3.63) is 39.7 Å². The zero-order chi connectivity index (χ0) is 19.9. The van der Waals surface area contributed by atoms with Crippen molar-refractivity contribution >= 4 is 55.4 Å². The van der Waals surface area contributed by atoms with Crippen LogP contribution in [0.3, 0.4) is 0 Å². The average molecular weight is 463 g/mol. The number of para-hydroxylation sites is 2. The molecule has 0 unspecified atom stereocenters. The molecule has 2 aliphatic heterocycles. The van der Waals surface area contributed by atoms with Gasteiger partial charge >= 0.3 is 5.97 Å². The zero-order valence-electron chi connectivity index (χ0n) is 15.9. The Kier molecular flexibility index (Phi) is 5.20. The first-order chi connectivity index (χ1) is 13.3. The van der Waals surface area contributed by atoms with Gasteiger partial charge in [-0.3, -0.25) is 9.69 Å². The maximum atomic E-state index is 11.4. The molecule has 0 amide bonds. The van der Waals surface area contributed by atoms with E-state index in [1.165, 1.54) is 0 Å². The Morgan fingerprint density at radius 1 is 1.29 bits per heavy atom. The van der Waals surface area contributed by atoms with Gasteiger partial charge in [0.15, 0.2) is 0 Å². The molecule has 6 nitrogen and oxygen atoms in total. The number of carbonyl (C=O) groups is 1. The van der Waals surface area contributed by atoms with Gasteiger partial charge in [0, 0.05) is 42.6 Å². The van der Waals surface area contributed by atoms with Crippen molar-refractivity contribution in [3.63, 3.8) is 0 Å². The number of anilines is 2. The summed E-state index contributed by atoms with van der Waals surface area (Å²) in [6, 6.07) is 8.09. The number of halogens is 1. The lowest BCUT2D eigenvalue weighted by atomic mass is 9.93. The molecule has 1 fully saturated rings. The van der Waals surface area contributed by atoms with Gasteiger partial charge in [-0.1, -0.05) is 12.1 Å². The Hall–Kier alpha value is -1.90. The van der Waals surface area contributed by atoms with Gasteiger partial charge in [-0.2, -0.15) is 0 Å². The lowest BCUT2D eigenvalue weighted by Crippen LogP contribution is -2.52. The summed E-state index contributed by atoms with van der Waals surface area (Å²) >= 11 is 5.36. The highest BCUT2D eigenvalue weighted by atomic mass is 79.9. The van der Waals surface area contributed by atoms with Crippen LogP contribution in [0.2, 0.25) is 0 Å². The topological polar surface area (TPSA) is 68.2 Å². The van der Waals surface area contributed by atoms with Gasteiger partial charge < -0.3 is 15.3 Å². The second-order valence-electron chi connectivity index (χ2n) is 7.82. The summed E-state index contributed by atoms with van der Waals surface area (Å²) in [5.74, 6) is 0.218. The van der Waals surface area contributed by atoms with Gasteiger partial charge in [0.05, 0.1) is 22.4 Å². The fourth-order valence-corrected chi connectivity index (χ4v) is 5.19. The van der Waals surface area contributed by atoms with Crippen LogP contribution in [0.1, 0.15) is 19.4 Å². The maximum Gasteiger partial charge on any atom is 0.310 e. The summed E-state index contributed by atoms with van der Waals surface area (Å²) < 4.78 is 1.04. The van der Waals surface area contributed by atoms with Crippen molar-refractivity contribution in [1.82, 2.24) is 9.80 Å². The van der Waals surface area contributed by atoms with E-state index in [9.17, 15) is 9.90 Å². The van der Waals surface area contributed by atoms with Gasteiger partial charge in [-0.15, -0.1) is 11.3 Å². The fraction of sp³-hybridized carbons (Fsp3) is 0.400. The number of benzene rings is 1. The highest BCUT2D eigenvalue weighted by molar-refractivity contribution is 9.10. The lowest BCUT2D eigenvalue weighted by molar-refractivity contribution is -0.148. The van der Waals surface area contributed by atoms with Gasteiger partial charge in [0.25, 0.3) is 0 Å². The number of carboxylic acids is 1. The summed E-state index contributed by atoms with van der Waals surface area (Å²) in [5.41, 5.74) is 2.30. The smallest absolute Gasteiger partial charge is 0.310 e. The van der Waals surface area contributed by atoms with Crippen molar-refractivity contribution in [2.24, 2.45) is 10.4 Å². The van der Waals surface area contributed by atoms with Gasteiger partial charge in [-0.05, 0) is 41.9 Å². The minimum Gasteiger partial charge on any atom is -0.481 e. The van der Waals surface area contributed by atoms with Crippen molar-refractivity contribution < 1.29 is 9.90 Å². The number of aliphatic carboxylic acids is 1. The summed E-state index contributed by atoms with van der Waals surface area (Å²) in [5, 5.41) is 16.1. The fourth-order valence-electron chi connectivity index (χ4n) is 3.58. The number of amidine groups is 1. The molecule has 4 rings (SSSR count). The minimum atomic E-state index is -0.752. The summed E-state index contributed by atoms with van der Waals surface area (Å²) in [4.78, 5) is 21.0. The van der Waals surface area contributed by atoms with E-state index in [-0.39, 0.29) is 0 Å². The molecule has 0 bridgehead atoms. The number of nitrogens with one attached hydrogen (secondary N) is 1. The molecule has 148 valence electrons.